The molecule has 0 atom stereocenters. The molecule has 1 aromatic carbocycles. The van der Waals surface area contributed by atoms with Crippen molar-refractivity contribution in [3.05, 3.63) is 28.8 Å². The minimum atomic E-state index is -4.70. The number of amides is 1. The summed E-state index contributed by atoms with van der Waals surface area (Å²) in [6, 6.07) is 2.88. The summed E-state index contributed by atoms with van der Waals surface area (Å²) in [5.41, 5.74) is -1.59. The van der Waals surface area contributed by atoms with Gasteiger partial charge in [-0.15, -0.1) is 0 Å². The van der Waals surface area contributed by atoms with Gasteiger partial charge >= 0.3 is 6.18 Å². The first-order valence-electron chi connectivity index (χ1n) is 6.69. The van der Waals surface area contributed by atoms with Crippen molar-refractivity contribution in [1.82, 2.24) is 4.72 Å². The number of carbonyl (C=O) groups is 1. The molecule has 0 aliphatic rings. The lowest BCUT2D eigenvalue weighted by Gasteiger charge is -2.14. The second kappa shape index (κ2) is 7.98. The minimum Gasteiger partial charge on any atom is -0.324 e. The Labute approximate surface area is 137 Å². The molecule has 1 amide bonds. The van der Waals surface area contributed by atoms with Crippen molar-refractivity contribution in [2.45, 2.75) is 25.9 Å². The van der Waals surface area contributed by atoms with Crippen molar-refractivity contribution in [2.75, 3.05) is 17.6 Å². The highest BCUT2D eigenvalue weighted by atomic mass is 35.5. The van der Waals surface area contributed by atoms with Crippen molar-refractivity contribution in [2.24, 2.45) is 0 Å². The summed E-state index contributed by atoms with van der Waals surface area (Å²) < 4.78 is 63.7. The van der Waals surface area contributed by atoms with Crippen LogP contribution in [0.4, 0.5) is 18.9 Å². The normalized spacial score (nSPS) is 12.2. The van der Waals surface area contributed by atoms with Crippen LogP contribution < -0.4 is 10.0 Å². The number of nitrogens with one attached hydrogen (secondary N) is 2. The van der Waals surface area contributed by atoms with Crippen LogP contribution in [0.25, 0.3) is 0 Å². The molecule has 0 aliphatic heterocycles. The van der Waals surface area contributed by atoms with Crippen LogP contribution in [-0.2, 0) is 21.0 Å². The van der Waals surface area contributed by atoms with E-state index in [4.69, 9.17) is 11.6 Å². The summed E-state index contributed by atoms with van der Waals surface area (Å²) in [7, 11) is -3.63. The maximum atomic E-state index is 12.9. The summed E-state index contributed by atoms with van der Waals surface area (Å²) >= 11 is 5.52. The molecule has 0 bridgehead atoms. The number of benzene rings is 1. The molecule has 0 saturated heterocycles. The monoisotopic (exact) mass is 372 g/mol. The van der Waals surface area contributed by atoms with Crippen LogP contribution in [0, 0.1) is 0 Å². The Morgan fingerprint density at radius 1 is 1.30 bits per heavy atom. The van der Waals surface area contributed by atoms with E-state index in [-0.39, 0.29) is 10.8 Å². The van der Waals surface area contributed by atoms with Gasteiger partial charge < -0.3 is 5.32 Å². The molecule has 10 heteroatoms. The van der Waals surface area contributed by atoms with Crippen LogP contribution in [0.3, 0.4) is 0 Å². The van der Waals surface area contributed by atoms with Gasteiger partial charge in [0.05, 0.1) is 23.5 Å². The first-order chi connectivity index (χ1) is 10.5. The predicted molar refractivity (Wildman–Crippen MR) is 81.8 cm³/mol. The van der Waals surface area contributed by atoms with Gasteiger partial charge in [0, 0.05) is 5.02 Å². The van der Waals surface area contributed by atoms with E-state index in [0.29, 0.717) is 18.9 Å². The largest absolute Gasteiger partial charge is 0.418 e. The average Bonchev–Trinajstić information content (AvgIpc) is 2.44. The number of hydrogen-bond donors (Lipinski definition) is 2. The Morgan fingerprint density at radius 2 is 1.96 bits per heavy atom. The molecule has 0 unspecified atom stereocenters. The molecule has 0 aliphatic carbocycles. The Kier molecular flexibility index (Phi) is 6.84. The fraction of sp³-hybridized carbons (Fsp3) is 0.462. The molecule has 0 saturated carbocycles. The fourth-order valence-electron chi connectivity index (χ4n) is 1.64. The third-order valence-corrected chi connectivity index (χ3v) is 4.43. The zero-order valence-electron chi connectivity index (χ0n) is 12.2. The second-order valence-corrected chi connectivity index (χ2v) is 7.09. The standard InChI is InChI=1S/C13H16ClF3N2O3S/c1-2-3-6-23(21,22)18-8-12(20)19-11-5-4-9(14)7-10(11)13(15,16)17/h4-5,7,18H,2-3,6,8H2,1H3,(H,19,20). The van der Waals surface area contributed by atoms with Gasteiger partial charge in [0.25, 0.3) is 0 Å². The number of unbranched alkanes of at least 4 members (excludes halogenated alkanes) is 1. The Balaban J connectivity index is 2.75. The van der Waals surface area contributed by atoms with E-state index >= 15 is 0 Å². The summed E-state index contributed by atoms with van der Waals surface area (Å²) in [6.07, 6.45) is -3.62. The van der Waals surface area contributed by atoms with Crippen LogP contribution in [0.5, 0.6) is 0 Å². The van der Waals surface area contributed by atoms with Crippen LogP contribution >= 0.6 is 11.6 Å². The summed E-state index contributed by atoms with van der Waals surface area (Å²) in [5.74, 6) is -1.05. The number of sulfonamides is 1. The Bertz CT molecular complexity index is 663. The van der Waals surface area contributed by atoms with Crippen molar-refractivity contribution in [3.63, 3.8) is 0 Å². The van der Waals surface area contributed by atoms with Crippen LogP contribution in [0.2, 0.25) is 5.02 Å². The summed E-state index contributed by atoms with van der Waals surface area (Å²) in [6.45, 7) is 1.16. The van der Waals surface area contributed by atoms with Crippen molar-refractivity contribution in [1.29, 1.82) is 0 Å². The molecule has 130 valence electrons. The minimum absolute atomic E-state index is 0.129. The highest BCUT2D eigenvalue weighted by Crippen LogP contribution is 2.36. The predicted octanol–water partition coefficient (Wildman–Crippen LogP) is 3.02. The van der Waals surface area contributed by atoms with Crippen molar-refractivity contribution < 1.29 is 26.4 Å². The van der Waals surface area contributed by atoms with Gasteiger partial charge in [0.1, 0.15) is 0 Å². The molecular formula is C13H16ClF3N2O3S. The first-order valence-corrected chi connectivity index (χ1v) is 8.72. The molecule has 0 aromatic heterocycles. The first kappa shape index (κ1) is 19.7. The van der Waals surface area contributed by atoms with Gasteiger partial charge in [-0.05, 0) is 24.6 Å². The number of hydrogen-bond acceptors (Lipinski definition) is 3. The number of anilines is 1. The highest BCUT2D eigenvalue weighted by molar-refractivity contribution is 7.89. The van der Waals surface area contributed by atoms with Gasteiger partial charge in [-0.3, -0.25) is 4.79 Å². The molecule has 1 aromatic rings. The number of halogens is 4. The molecule has 0 radical (unpaired) electrons. The fourth-order valence-corrected chi connectivity index (χ4v) is 2.97. The lowest BCUT2D eigenvalue weighted by atomic mass is 10.1. The highest BCUT2D eigenvalue weighted by Gasteiger charge is 2.34. The number of carbonyl (C=O) groups excluding carboxylic acids is 1. The summed E-state index contributed by atoms with van der Waals surface area (Å²) in [4.78, 5) is 11.7. The average molecular weight is 373 g/mol. The van der Waals surface area contributed by atoms with Crippen molar-refractivity contribution >= 4 is 33.2 Å². The molecule has 5 nitrogen and oxygen atoms in total. The molecule has 0 spiro atoms. The van der Waals surface area contributed by atoms with Crippen LogP contribution in [0.15, 0.2) is 18.2 Å². The number of alkyl halides is 3. The second-order valence-electron chi connectivity index (χ2n) is 4.73. The van der Waals surface area contributed by atoms with Gasteiger partial charge in [0.15, 0.2) is 0 Å². The van der Waals surface area contributed by atoms with E-state index in [1.807, 2.05) is 10.0 Å². The van der Waals surface area contributed by atoms with Gasteiger partial charge in [-0.25, -0.2) is 13.1 Å². The maximum absolute atomic E-state index is 12.9. The Hall–Kier alpha value is -1.32. The zero-order valence-corrected chi connectivity index (χ0v) is 13.8. The van der Waals surface area contributed by atoms with Gasteiger partial charge in [-0.1, -0.05) is 24.9 Å². The molecule has 23 heavy (non-hydrogen) atoms. The van der Waals surface area contributed by atoms with Crippen LogP contribution in [-0.4, -0.2) is 26.6 Å². The summed E-state index contributed by atoms with van der Waals surface area (Å²) in [5, 5.41) is 1.90. The topological polar surface area (TPSA) is 75.3 Å². The van der Waals surface area contributed by atoms with E-state index in [1.54, 1.807) is 6.92 Å². The third-order valence-electron chi connectivity index (χ3n) is 2.78. The smallest absolute Gasteiger partial charge is 0.324 e. The molecule has 0 fully saturated rings. The third kappa shape index (κ3) is 6.76. The van der Waals surface area contributed by atoms with Gasteiger partial charge in [-0.2, -0.15) is 13.2 Å². The quantitative estimate of drug-likeness (QED) is 0.772. The molecular weight excluding hydrogens is 357 g/mol. The molecule has 1 rings (SSSR count). The zero-order chi connectivity index (χ0) is 17.7. The molecule has 0 heterocycles. The van der Waals surface area contributed by atoms with Crippen molar-refractivity contribution in [3.8, 4) is 0 Å². The number of rotatable bonds is 7. The van der Waals surface area contributed by atoms with Crippen LogP contribution in [0.1, 0.15) is 25.3 Å². The SMILES string of the molecule is CCCCS(=O)(=O)NCC(=O)Nc1ccc(Cl)cc1C(F)(F)F. The lowest BCUT2D eigenvalue weighted by molar-refractivity contribution is -0.137. The lowest BCUT2D eigenvalue weighted by Crippen LogP contribution is -2.34. The van der Waals surface area contributed by atoms with E-state index in [2.05, 4.69) is 0 Å². The van der Waals surface area contributed by atoms with E-state index < -0.39 is 39.9 Å². The Morgan fingerprint density at radius 3 is 2.52 bits per heavy atom. The van der Waals surface area contributed by atoms with E-state index in [0.717, 1.165) is 6.07 Å². The van der Waals surface area contributed by atoms with E-state index in [1.165, 1.54) is 6.07 Å². The van der Waals surface area contributed by atoms with E-state index in [9.17, 15) is 26.4 Å². The molecule has 2 N–H and O–H groups in total. The van der Waals surface area contributed by atoms with Gasteiger partial charge in [0.2, 0.25) is 15.9 Å². The maximum Gasteiger partial charge on any atom is 0.418 e.